The van der Waals surface area contributed by atoms with Gasteiger partial charge in [0.1, 0.15) is 11.6 Å². The number of carbonyl (C=O) groups excluding carboxylic acids is 1. The van der Waals surface area contributed by atoms with Gasteiger partial charge in [0.25, 0.3) is 0 Å². The highest BCUT2D eigenvalue weighted by molar-refractivity contribution is 6.01. The van der Waals surface area contributed by atoms with Crippen molar-refractivity contribution in [1.82, 2.24) is 14.3 Å². The Morgan fingerprint density at radius 1 is 1.06 bits per heavy atom. The normalized spacial score (nSPS) is 21.5. The second-order valence-corrected chi connectivity index (χ2v) is 11.8. The molecule has 2 aliphatic carbocycles. The number of ketones is 1. The minimum atomic E-state index is -0.272. The molecule has 36 heavy (non-hydrogen) atoms. The fourth-order valence-corrected chi connectivity index (χ4v) is 6.97. The van der Waals surface area contributed by atoms with Gasteiger partial charge in [0.15, 0.2) is 5.78 Å². The molecule has 2 aromatic heterocycles. The number of aromatic nitrogens is 3. The molecule has 1 fully saturated rings. The van der Waals surface area contributed by atoms with Crippen molar-refractivity contribution in [1.29, 1.82) is 0 Å². The van der Waals surface area contributed by atoms with E-state index in [0.29, 0.717) is 12.5 Å². The lowest BCUT2D eigenvalue weighted by molar-refractivity contribution is -0.118. The van der Waals surface area contributed by atoms with Crippen LogP contribution in [0.5, 0.6) is 0 Å². The highest BCUT2D eigenvalue weighted by atomic mass is 19.1. The van der Waals surface area contributed by atoms with Crippen molar-refractivity contribution in [3.8, 4) is 5.69 Å². The number of nitrogens with zero attached hydrogens (tertiary/aromatic N) is 3. The van der Waals surface area contributed by atoms with Crippen LogP contribution in [0.15, 0.2) is 41.6 Å². The Kier molecular flexibility index (Phi) is 5.29. The number of rotatable bonds is 3. The number of hydrogen-bond acceptors (Lipinski definition) is 3. The third-order valence-corrected chi connectivity index (χ3v) is 8.47. The number of fused-ring (bicyclic) bond motifs is 1. The van der Waals surface area contributed by atoms with Gasteiger partial charge in [-0.1, -0.05) is 26.7 Å². The summed E-state index contributed by atoms with van der Waals surface area (Å²) in [5.41, 5.74) is 8.27. The van der Waals surface area contributed by atoms with Crippen LogP contribution >= 0.6 is 0 Å². The predicted molar refractivity (Wildman–Crippen MR) is 140 cm³/mol. The molecule has 0 amide bonds. The zero-order chi connectivity index (χ0) is 25.4. The van der Waals surface area contributed by atoms with E-state index < -0.39 is 0 Å². The van der Waals surface area contributed by atoms with E-state index in [1.807, 2.05) is 11.6 Å². The Morgan fingerprint density at radius 3 is 2.44 bits per heavy atom. The monoisotopic (exact) mass is 486 g/mol. The first-order chi connectivity index (χ1) is 17.1. The summed E-state index contributed by atoms with van der Waals surface area (Å²) in [4.78, 5) is 13.7. The summed E-state index contributed by atoms with van der Waals surface area (Å²) >= 11 is 0. The van der Waals surface area contributed by atoms with Crippen LogP contribution in [0.2, 0.25) is 0 Å². The maximum absolute atomic E-state index is 13.7. The van der Waals surface area contributed by atoms with Crippen LogP contribution in [0, 0.1) is 32.0 Å². The molecule has 3 aromatic rings. The highest BCUT2D eigenvalue weighted by Crippen LogP contribution is 2.51. The number of Topliss-reactive ketones (excluding diaryl/α,β-unsaturated/α-hetero) is 1. The molecule has 0 radical (unpaired) electrons. The van der Waals surface area contributed by atoms with Crippen molar-refractivity contribution in [2.45, 2.75) is 85.1 Å². The van der Waals surface area contributed by atoms with Gasteiger partial charge in [0, 0.05) is 46.6 Å². The molecule has 1 atom stereocenters. The van der Waals surface area contributed by atoms with Crippen molar-refractivity contribution in [3.63, 3.8) is 0 Å². The smallest absolute Gasteiger partial charge is 0.162 e. The van der Waals surface area contributed by atoms with Crippen LogP contribution in [-0.4, -0.2) is 20.1 Å². The highest BCUT2D eigenvalue weighted by Gasteiger charge is 2.44. The van der Waals surface area contributed by atoms with Crippen LogP contribution in [-0.2, 0) is 4.79 Å². The molecular weight excluding hydrogens is 451 g/mol. The number of anilines is 1. The van der Waals surface area contributed by atoms with E-state index in [-0.39, 0.29) is 22.9 Å². The molecule has 0 saturated heterocycles. The zero-order valence-electron chi connectivity index (χ0n) is 21.9. The number of carbonyl (C=O) groups is 1. The Morgan fingerprint density at radius 2 is 1.75 bits per heavy atom. The molecule has 0 bridgehead atoms. The van der Waals surface area contributed by atoms with E-state index in [2.05, 4.69) is 43.6 Å². The van der Waals surface area contributed by atoms with E-state index >= 15 is 0 Å². The van der Waals surface area contributed by atoms with Gasteiger partial charge in [-0.25, -0.2) is 9.07 Å². The van der Waals surface area contributed by atoms with Crippen LogP contribution in [0.3, 0.4) is 0 Å². The lowest BCUT2D eigenvalue weighted by Gasteiger charge is -2.38. The number of aryl methyl sites for hydroxylation is 2. The molecule has 6 heteroatoms. The molecular formula is C30H35FN4O. The Bertz CT molecular complexity index is 1400. The first-order valence-corrected chi connectivity index (χ1v) is 13.2. The van der Waals surface area contributed by atoms with Gasteiger partial charge in [-0.2, -0.15) is 5.10 Å². The molecule has 3 aliphatic rings. The summed E-state index contributed by atoms with van der Waals surface area (Å²) in [5, 5.41) is 8.55. The summed E-state index contributed by atoms with van der Waals surface area (Å²) in [7, 11) is 0. The lowest BCUT2D eigenvalue weighted by atomic mass is 9.69. The Hall–Kier alpha value is -3.15. The van der Waals surface area contributed by atoms with Crippen LogP contribution < -0.4 is 5.32 Å². The van der Waals surface area contributed by atoms with Crippen LogP contribution in [0.4, 0.5) is 10.2 Å². The Labute approximate surface area is 212 Å². The van der Waals surface area contributed by atoms with E-state index in [0.717, 1.165) is 40.5 Å². The SMILES string of the molecule is Cc1nn(-c2ccc(F)cc2)c2c1C(c1cc(C)n(C3CCCC3)c1C)C1=C(CC(C)(C)CC1=O)N2. The minimum absolute atomic E-state index is 0.110. The third kappa shape index (κ3) is 3.56. The molecule has 1 unspecified atom stereocenters. The average Bonchev–Trinajstić information content (AvgIpc) is 3.51. The molecule has 6 rings (SSSR count). The molecule has 5 nitrogen and oxygen atoms in total. The second-order valence-electron chi connectivity index (χ2n) is 11.8. The zero-order valence-corrected chi connectivity index (χ0v) is 21.9. The van der Waals surface area contributed by atoms with Gasteiger partial charge < -0.3 is 9.88 Å². The van der Waals surface area contributed by atoms with Crippen molar-refractivity contribution in [2.24, 2.45) is 5.41 Å². The number of nitrogens with one attached hydrogen (secondary N) is 1. The standard InChI is InChI=1S/C30H35FN4O/c1-17-14-23(19(3)34(17)21-8-6-7-9-21)27-26-18(2)33-35(22-12-10-20(31)11-13-22)29(26)32-24-15-30(4,5)16-25(36)28(24)27/h10-14,21,27,32H,6-9,15-16H2,1-5H3. The van der Waals surface area contributed by atoms with E-state index in [4.69, 9.17) is 5.10 Å². The van der Waals surface area contributed by atoms with Crippen LogP contribution in [0.1, 0.15) is 92.5 Å². The van der Waals surface area contributed by atoms with Crippen LogP contribution in [0.25, 0.3) is 5.69 Å². The number of hydrogen-bond donors (Lipinski definition) is 1. The molecule has 1 aromatic carbocycles. The minimum Gasteiger partial charge on any atom is -0.346 e. The first kappa shape index (κ1) is 23.3. The quantitative estimate of drug-likeness (QED) is 0.431. The largest absolute Gasteiger partial charge is 0.346 e. The summed E-state index contributed by atoms with van der Waals surface area (Å²) in [6.45, 7) is 10.8. The fourth-order valence-electron chi connectivity index (χ4n) is 6.97. The Balaban J connectivity index is 1.58. The van der Waals surface area contributed by atoms with Gasteiger partial charge in [0.05, 0.1) is 11.4 Å². The molecule has 1 saturated carbocycles. The van der Waals surface area contributed by atoms with Crippen molar-refractivity contribution in [3.05, 3.63) is 75.6 Å². The molecule has 1 aliphatic heterocycles. The lowest BCUT2D eigenvalue weighted by Crippen LogP contribution is -2.34. The van der Waals surface area contributed by atoms with Gasteiger partial charge in [-0.05, 0) is 81.3 Å². The maximum atomic E-state index is 13.7. The molecule has 0 spiro atoms. The van der Waals surface area contributed by atoms with Crippen molar-refractivity contribution >= 4 is 11.6 Å². The summed E-state index contributed by atoms with van der Waals surface area (Å²) < 4.78 is 18.1. The molecule has 3 heterocycles. The van der Waals surface area contributed by atoms with E-state index in [9.17, 15) is 9.18 Å². The van der Waals surface area contributed by atoms with Gasteiger partial charge >= 0.3 is 0 Å². The molecule has 1 N–H and O–H groups in total. The molecule has 188 valence electrons. The third-order valence-electron chi connectivity index (χ3n) is 8.47. The van der Waals surface area contributed by atoms with Crippen molar-refractivity contribution < 1.29 is 9.18 Å². The summed E-state index contributed by atoms with van der Waals surface area (Å²) in [6.07, 6.45) is 6.35. The van der Waals surface area contributed by atoms with Crippen molar-refractivity contribution in [2.75, 3.05) is 5.32 Å². The van der Waals surface area contributed by atoms with Gasteiger partial charge in [-0.15, -0.1) is 0 Å². The fraction of sp³-hybridized carbons (Fsp3) is 0.467. The number of benzene rings is 1. The number of allylic oxidation sites excluding steroid dienone is 2. The average molecular weight is 487 g/mol. The van der Waals surface area contributed by atoms with E-state index in [1.54, 1.807) is 12.1 Å². The van der Waals surface area contributed by atoms with E-state index in [1.165, 1.54) is 54.8 Å². The summed E-state index contributed by atoms with van der Waals surface area (Å²) in [6, 6.07) is 9.28. The maximum Gasteiger partial charge on any atom is 0.162 e. The van der Waals surface area contributed by atoms with Gasteiger partial charge in [-0.3, -0.25) is 4.79 Å². The second kappa shape index (κ2) is 8.19. The summed E-state index contributed by atoms with van der Waals surface area (Å²) in [5.74, 6) is 0.685. The predicted octanol–water partition coefficient (Wildman–Crippen LogP) is 7.05. The van der Waals surface area contributed by atoms with Gasteiger partial charge in [0.2, 0.25) is 0 Å². The topological polar surface area (TPSA) is 51.9 Å². The number of halogens is 1. The first-order valence-electron chi connectivity index (χ1n) is 13.2.